The summed E-state index contributed by atoms with van der Waals surface area (Å²) in [6.07, 6.45) is 12.2. The fraction of sp³-hybridized carbons (Fsp3) is 0.786. The second-order valence-corrected chi connectivity index (χ2v) is 5.10. The molecule has 0 aliphatic heterocycles. The van der Waals surface area contributed by atoms with Crippen molar-refractivity contribution in [3.8, 4) is 0 Å². The highest BCUT2D eigenvalue weighted by Gasteiger charge is 2.24. The lowest BCUT2D eigenvalue weighted by Crippen LogP contribution is -2.38. The molecule has 2 rings (SSSR count). The minimum atomic E-state index is 0.595. The average Bonchev–Trinajstić information content (AvgIpc) is 2.69. The SMILES string of the molecule is CCNC1CCCCCCC1n1ccnc1C. The van der Waals surface area contributed by atoms with Crippen LogP contribution in [0, 0.1) is 6.92 Å². The third-order valence-electron chi connectivity index (χ3n) is 3.92. The number of hydrogen-bond donors (Lipinski definition) is 1. The Morgan fingerprint density at radius 1 is 1.29 bits per heavy atom. The molecule has 0 saturated heterocycles. The smallest absolute Gasteiger partial charge is 0.105 e. The van der Waals surface area contributed by atoms with Crippen LogP contribution >= 0.6 is 0 Å². The zero-order valence-electron chi connectivity index (χ0n) is 11.2. The molecule has 1 N–H and O–H groups in total. The molecule has 3 heteroatoms. The lowest BCUT2D eigenvalue weighted by molar-refractivity contribution is 0.283. The fourth-order valence-electron chi connectivity index (χ4n) is 3.04. The molecule has 1 aromatic heterocycles. The molecule has 0 amide bonds. The standard InChI is InChI=1S/C14H25N3/c1-3-15-13-8-6-4-5-7-9-14(13)17-11-10-16-12(17)2/h10-11,13-15H,3-9H2,1-2H3. The maximum atomic E-state index is 4.38. The Bertz CT molecular complexity index is 332. The van der Waals surface area contributed by atoms with E-state index >= 15 is 0 Å². The lowest BCUT2D eigenvalue weighted by atomic mass is 9.92. The van der Waals surface area contributed by atoms with E-state index in [4.69, 9.17) is 0 Å². The first kappa shape index (κ1) is 12.6. The summed E-state index contributed by atoms with van der Waals surface area (Å²) in [5.41, 5.74) is 0. The summed E-state index contributed by atoms with van der Waals surface area (Å²) < 4.78 is 2.37. The van der Waals surface area contributed by atoms with E-state index in [0.29, 0.717) is 12.1 Å². The van der Waals surface area contributed by atoms with Crippen LogP contribution in [0.3, 0.4) is 0 Å². The van der Waals surface area contributed by atoms with Crippen LogP contribution in [0.25, 0.3) is 0 Å². The number of aromatic nitrogens is 2. The summed E-state index contributed by atoms with van der Waals surface area (Å²) in [6.45, 7) is 5.38. The normalized spacial score (nSPS) is 26.5. The Morgan fingerprint density at radius 3 is 2.71 bits per heavy atom. The van der Waals surface area contributed by atoms with Crippen molar-refractivity contribution in [3.63, 3.8) is 0 Å². The molecule has 0 bridgehead atoms. The van der Waals surface area contributed by atoms with Crippen molar-refractivity contribution in [2.75, 3.05) is 6.54 Å². The molecule has 1 aromatic rings. The van der Waals surface area contributed by atoms with E-state index in [1.165, 1.54) is 38.5 Å². The van der Waals surface area contributed by atoms with Crippen LogP contribution in [0.2, 0.25) is 0 Å². The number of nitrogens with one attached hydrogen (secondary N) is 1. The number of hydrogen-bond acceptors (Lipinski definition) is 2. The van der Waals surface area contributed by atoms with Gasteiger partial charge in [-0.25, -0.2) is 4.98 Å². The molecule has 2 atom stereocenters. The Labute approximate surface area is 105 Å². The molecule has 0 aromatic carbocycles. The number of rotatable bonds is 3. The molecule has 1 aliphatic rings. The summed E-state index contributed by atoms with van der Waals surface area (Å²) in [7, 11) is 0. The van der Waals surface area contributed by atoms with Crippen LogP contribution in [-0.4, -0.2) is 22.1 Å². The van der Waals surface area contributed by atoms with Gasteiger partial charge in [-0.15, -0.1) is 0 Å². The summed E-state index contributed by atoms with van der Waals surface area (Å²) in [5.74, 6) is 1.15. The van der Waals surface area contributed by atoms with Gasteiger partial charge in [0.2, 0.25) is 0 Å². The molecule has 1 heterocycles. The Balaban J connectivity index is 2.15. The van der Waals surface area contributed by atoms with Crippen molar-refractivity contribution in [1.29, 1.82) is 0 Å². The molecule has 3 nitrogen and oxygen atoms in total. The van der Waals surface area contributed by atoms with Gasteiger partial charge in [-0.1, -0.05) is 32.6 Å². The van der Waals surface area contributed by atoms with Gasteiger partial charge < -0.3 is 9.88 Å². The zero-order valence-corrected chi connectivity index (χ0v) is 11.2. The molecule has 0 spiro atoms. The number of nitrogens with zero attached hydrogens (tertiary/aromatic N) is 2. The van der Waals surface area contributed by atoms with E-state index in [1.807, 2.05) is 6.20 Å². The van der Waals surface area contributed by atoms with Gasteiger partial charge in [0.1, 0.15) is 5.82 Å². The molecule has 1 fully saturated rings. The first-order valence-corrected chi connectivity index (χ1v) is 7.05. The van der Waals surface area contributed by atoms with Gasteiger partial charge in [-0.2, -0.15) is 0 Å². The van der Waals surface area contributed by atoms with Crippen molar-refractivity contribution in [2.24, 2.45) is 0 Å². The van der Waals surface area contributed by atoms with Crippen molar-refractivity contribution < 1.29 is 0 Å². The van der Waals surface area contributed by atoms with Crippen molar-refractivity contribution >= 4 is 0 Å². The predicted octanol–water partition coefficient (Wildman–Crippen LogP) is 3.06. The summed E-state index contributed by atoms with van der Waals surface area (Å²) in [5, 5.41) is 3.67. The van der Waals surface area contributed by atoms with Crippen LogP contribution < -0.4 is 5.32 Å². The van der Waals surface area contributed by atoms with Gasteiger partial charge in [0, 0.05) is 18.4 Å². The molecule has 17 heavy (non-hydrogen) atoms. The van der Waals surface area contributed by atoms with Gasteiger partial charge in [-0.05, 0) is 26.3 Å². The van der Waals surface area contributed by atoms with Crippen molar-refractivity contribution in [1.82, 2.24) is 14.9 Å². The minimum absolute atomic E-state index is 0.595. The largest absolute Gasteiger partial charge is 0.331 e. The van der Waals surface area contributed by atoms with E-state index in [9.17, 15) is 0 Å². The van der Waals surface area contributed by atoms with E-state index in [1.54, 1.807) is 0 Å². The number of imidazole rings is 1. The Morgan fingerprint density at radius 2 is 2.06 bits per heavy atom. The quantitative estimate of drug-likeness (QED) is 0.872. The number of aryl methyl sites for hydroxylation is 1. The van der Waals surface area contributed by atoms with E-state index in [0.717, 1.165) is 12.4 Å². The molecular formula is C14H25N3. The van der Waals surface area contributed by atoms with Gasteiger partial charge >= 0.3 is 0 Å². The lowest BCUT2D eigenvalue weighted by Gasteiger charge is -2.31. The highest BCUT2D eigenvalue weighted by Crippen LogP contribution is 2.27. The highest BCUT2D eigenvalue weighted by atomic mass is 15.1. The van der Waals surface area contributed by atoms with Gasteiger partial charge in [0.25, 0.3) is 0 Å². The molecule has 2 unspecified atom stereocenters. The summed E-state index contributed by atoms with van der Waals surface area (Å²) in [4.78, 5) is 4.38. The number of likely N-dealkylation sites (N-methyl/N-ethyl adjacent to an activating group) is 1. The zero-order chi connectivity index (χ0) is 12.1. The van der Waals surface area contributed by atoms with E-state index in [2.05, 4.69) is 34.9 Å². The first-order chi connectivity index (χ1) is 8.33. The molecule has 1 saturated carbocycles. The Kier molecular flexibility index (Phi) is 4.60. The highest BCUT2D eigenvalue weighted by molar-refractivity contribution is 4.96. The van der Waals surface area contributed by atoms with E-state index < -0.39 is 0 Å². The van der Waals surface area contributed by atoms with Crippen molar-refractivity contribution in [3.05, 3.63) is 18.2 Å². The third-order valence-corrected chi connectivity index (χ3v) is 3.92. The van der Waals surface area contributed by atoms with E-state index in [-0.39, 0.29) is 0 Å². The van der Waals surface area contributed by atoms with Gasteiger partial charge in [0.05, 0.1) is 6.04 Å². The molecule has 1 aliphatic carbocycles. The predicted molar refractivity (Wildman–Crippen MR) is 71.2 cm³/mol. The third kappa shape index (κ3) is 3.09. The van der Waals surface area contributed by atoms with Crippen LogP contribution in [0.4, 0.5) is 0 Å². The van der Waals surface area contributed by atoms with Crippen LogP contribution in [0.5, 0.6) is 0 Å². The van der Waals surface area contributed by atoms with Crippen LogP contribution in [0.15, 0.2) is 12.4 Å². The fourth-order valence-corrected chi connectivity index (χ4v) is 3.04. The maximum absolute atomic E-state index is 4.38. The van der Waals surface area contributed by atoms with Crippen LogP contribution in [-0.2, 0) is 0 Å². The maximum Gasteiger partial charge on any atom is 0.105 e. The second-order valence-electron chi connectivity index (χ2n) is 5.10. The van der Waals surface area contributed by atoms with Crippen LogP contribution in [0.1, 0.15) is 57.3 Å². The first-order valence-electron chi connectivity index (χ1n) is 7.05. The van der Waals surface area contributed by atoms with Crippen molar-refractivity contribution in [2.45, 2.75) is 64.5 Å². The molecule has 96 valence electrons. The average molecular weight is 235 g/mol. The summed E-state index contributed by atoms with van der Waals surface area (Å²) in [6, 6.07) is 1.21. The van der Waals surface area contributed by atoms with Gasteiger partial charge in [-0.3, -0.25) is 0 Å². The minimum Gasteiger partial charge on any atom is -0.331 e. The topological polar surface area (TPSA) is 29.9 Å². The monoisotopic (exact) mass is 235 g/mol. The molecular weight excluding hydrogens is 210 g/mol. The Hall–Kier alpha value is -0.830. The van der Waals surface area contributed by atoms with Gasteiger partial charge in [0.15, 0.2) is 0 Å². The summed E-state index contributed by atoms with van der Waals surface area (Å²) >= 11 is 0. The molecule has 0 radical (unpaired) electrons. The second kappa shape index (κ2) is 6.20.